The van der Waals surface area contributed by atoms with Crippen molar-refractivity contribution < 1.29 is 17.9 Å². The third-order valence-corrected chi connectivity index (χ3v) is 6.62. The molecular formula is C18H12FNO3S. The smallest absolute Gasteiger partial charge is 0.183 e. The molecule has 24 heavy (non-hydrogen) atoms. The summed E-state index contributed by atoms with van der Waals surface area (Å²) in [5.74, 6) is -0.576. The molecule has 0 spiro atoms. The fraction of sp³-hybridized carbons (Fsp3) is 0.167. The van der Waals surface area contributed by atoms with Crippen molar-refractivity contribution in [3.63, 3.8) is 0 Å². The molecule has 1 aliphatic heterocycles. The van der Waals surface area contributed by atoms with E-state index >= 15 is 0 Å². The first kappa shape index (κ1) is 13.9. The molecule has 0 fully saturated rings. The van der Waals surface area contributed by atoms with Crippen LogP contribution in [0, 0.1) is 5.82 Å². The van der Waals surface area contributed by atoms with Crippen LogP contribution in [0.4, 0.5) is 4.39 Å². The molecule has 120 valence electrons. The highest BCUT2D eigenvalue weighted by atomic mass is 32.2. The van der Waals surface area contributed by atoms with Gasteiger partial charge in [-0.25, -0.2) is 17.8 Å². The van der Waals surface area contributed by atoms with Crippen LogP contribution in [-0.4, -0.2) is 18.5 Å². The fourth-order valence-electron chi connectivity index (χ4n) is 3.89. The normalized spacial score (nSPS) is 16.9. The summed E-state index contributed by atoms with van der Waals surface area (Å²) in [4.78, 5) is 4.64. The summed E-state index contributed by atoms with van der Waals surface area (Å²) in [6.45, 7) is 0. The zero-order valence-corrected chi connectivity index (χ0v) is 13.3. The number of phenolic OH excluding ortho intramolecular Hbond substituents is 1. The molecule has 3 aromatic rings. The van der Waals surface area contributed by atoms with E-state index in [1.54, 1.807) is 6.07 Å². The molecule has 6 heteroatoms. The number of sulfone groups is 1. The number of fused-ring (bicyclic) bond motifs is 4. The highest BCUT2D eigenvalue weighted by Crippen LogP contribution is 2.45. The average molecular weight is 341 g/mol. The lowest BCUT2D eigenvalue weighted by Crippen LogP contribution is -2.16. The number of aromatic nitrogens is 1. The van der Waals surface area contributed by atoms with E-state index < -0.39 is 15.7 Å². The molecule has 1 aromatic heterocycles. The first-order chi connectivity index (χ1) is 11.5. The maximum absolute atomic E-state index is 13.8. The van der Waals surface area contributed by atoms with Crippen LogP contribution in [-0.2, 0) is 28.4 Å². The van der Waals surface area contributed by atoms with Gasteiger partial charge in [0.2, 0.25) is 0 Å². The standard InChI is InChI=1S/C18H12FNO3S/c19-10-3-6-15-12(7-10)17-13(8-24(15,22)23)11-4-1-9-2-5-14(21)18(20-17)16(9)11/h2-3,5-7,21H,1,4,8H2. The minimum atomic E-state index is -3.53. The van der Waals surface area contributed by atoms with Crippen molar-refractivity contribution in [3.8, 4) is 17.0 Å². The summed E-state index contributed by atoms with van der Waals surface area (Å²) in [5, 5.41) is 11.1. The Balaban J connectivity index is 1.98. The number of benzene rings is 2. The molecule has 1 N–H and O–H groups in total. The number of hydrogen-bond acceptors (Lipinski definition) is 4. The van der Waals surface area contributed by atoms with Crippen molar-refractivity contribution >= 4 is 20.7 Å². The minimum absolute atomic E-state index is 0.0612. The van der Waals surface area contributed by atoms with E-state index in [0.717, 1.165) is 29.0 Å². The zero-order chi connectivity index (χ0) is 16.6. The second-order valence-corrected chi connectivity index (χ2v) is 8.24. The molecule has 2 aliphatic rings. The van der Waals surface area contributed by atoms with Crippen LogP contribution in [0.5, 0.6) is 5.75 Å². The van der Waals surface area contributed by atoms with Crippen LogP contribution in [0.3, 0.4) is 0 Å². The molecule has 0 bridgehead atoms. The summed E-state index contributed by atoms with van der Waals surface area (Å²) < 4.78 is 39.0. The van der Waals surface area contributed by atoms with E-state index in [9.17, 15) is 17.9 Å². The number of hydrogen-bond donors (Lipinski definition) is 1. The van der Waals surface area contributed by atoms with Crippen molar-refractivity contribution in [1.29, 1.82) is 0 Å². The van der Waals surface area contributed by atoms with Crippen molar-refractivity contribution in [3.05, 3.63) is 52.8 Å². The molecule has 2 heterocycles. The van der Waals surface area contributed by atoms with Gasteiger partial charge in [0, 0.05) is 10.9 Å². The molecular weight excluding hydrogens is 329 g/mol. The van der Waals surface area contributed by atoms with E-state index in [2.05, 4.69) is 4.98 Å². The first-order valence-electron chi connectivity index (χ1n) is 7.65. The van der Waals surface area contributed by atoms with Gasteiger partial charge in [0.15, 0.2) is 9.84 Å². The van der Waals surface area contributed by atoms with E-state index in [1.807, 2.05) is 6.07 Å². The van der Waals surface area contributed by atoms with Crippen molar-refractivity contribution in [2.75, 3.05) is 0 Å². The quantitative estimate of drug-likeness (QED) is 0.638. The molecule has 0 saturated carbocycles. The van der Waals surface area contributed by atoms with Crippen LogP contribution in [0.1, 0.15) is 16.7 Å². The fourth-order valence-corrected chi connectivity index (χ4v) is 5.51. The van der Waals surface area contributed by atoms with Gasteiger partial charge in [-0.2, -0.15) is 0 Å². The number of nitrogens with zero attached hydrogens (tertiary/aromatic N) is 1. The lowest BCUT2D eigenvalue weighted by atomic mass is 9.98. The van der Waals surface area contributed by atoms with E-state index in [1.165, 1.54) is 12.1 Å². The number of phenols is 1. The Bertz CT molecular complexity index is 1170. The van der Waals surface area contributed by atoms with Crippen LogP contribution in [0.25, 0.3) is 22.2 Å². The van der Waals surface area contributed by atoms with Crippen LogP contribution in [0.2, 0.25) is 0 Å². The van der Waals surface area contributed by atoms with E-state index in [4.69, 9.17) is 0 Å². The average Bonchev–Trinajstić information content (AvgIpc) is 2.96. The Morgan fingerprint density at radius 2 is 1.92 bits per heavy atom. The third-order valence-electron chi connectivity index (χ3n) is 4.93. The van der Waals surface area contributed by atoms with Crippen LogP contribution in [0.15, 0.2) is 35.2 Å². The lowest BCUT2D eigenvalue weighted by molar-refractivity contribution is 0.480. The van der Waals surface area contributed by atoms with Gasteiger partial charge >= 0.3 is 0 Å². The van der Waals surface area contributed by atoms with Gasteiger partial charge in [0.25, 0.3) is 0 Å². The summed E-state index contributed by atoms with van der Waals surface area (Å²) in [5.41, 5.74) is 3.84. The number of aryl methyl sites for hydroxylation is 2. The SMILES string of the molecule is O=S1(=O)Cc2c(nc3c(O)ccc4c3c2CC4)-c2cc(F)ccc21. The minimum Gasteiger partial charge on any atom is -0.506 e. The van der Waals surface area contributed by atoms with Crippen LogP contribution < -0.4 is 0 Å². The monoisotopic (exact) mass is 341 g/mol. The summed E-state index contributed by atoms with van der Waals surface area (Å²) in [6, 6.07) is 7.12. The first-order valence-corrected chi connectivity index (χ1v) is 9.30. The predicted molar refractivity (Wildman–Crippen MR) is 87.1 cm³/mol. The van der Waals surface area contributed by atoms with Gasteiger partial charge in [-0.1, -0.05) is 6.07 Å². The largest absolute Gasteiger partial charge is 0.506 e. The maximum atomic E-state index is 13.8. The van der Waals surface area contributed by atoms with Crippen LogP contribution >= 0.6 is 0 Å². The highest BCUT2D eigenvalue weighted by Gasteiger charge is 2.34. The number of halogens is 1. The Morgan fingerprint density at radius 1 is 1.08 bits per heavy atom. The van der Waals surface area contributed by atoms with Gasteiger partial charge in [0.05, 0.1) is 16.3 Å². The lowest BCUT2D eigenvalue weighted by Gasteiger charge is -2.22. The Hall–Kier alpha value is -2.47. The van der Waals surface area contributed by atoms with Crippen molar-refractivity contribution in [1.82, 2.24) is 4.98 Å². The Kier molecular flexibility index (Phi) is 2.51. The molecule has 4 nitrogen and oxygen atoms in total. The molecule has 0 radical (unpaired) electrons. The van der Waals surface area contributed by atoms with E-state index in [-0.39, 0.29) is 22.0 Å². The molecule has 0 unspecified atom stereocenters. The Labute approximate surface area is 137 Å². The third kappa shape index (κ3) is 1.66. The van der Waals surface area contributed by atoms with E-state index in [0.29, 0.717) is 23.2 Å². The molecule has 0 atom stereocenters. The van der Waals surface area contributed by atoms with Gasteiger partial charge in [0.1, 0.15) is 17.1 Å². The van der Waals surface area contributed by atoms with Gasteiger partial charge < -0.3 is 5.11 Å². The molecule has 0 amide bonds. The summed E-state index contributed by atoms with van der Waals surface area (Å²) in [6.07, 6.45) is 1.50. The predicted octanol–water partition coefficient (Wildman–Crippen LogP) is 3.13. The molecule has 5 rings (SSSR count). The van der Waals surface area contributed by atoms with Gasteiger partial charge in [-0.05, 0) is 53.8 Å². The summed E-state index contributed by atoms with van der Waals surface area (Å²) >= 11 is 0. The zero-order valence-electron chi connectivity index (χ0n) is 12.5. The maximum Gasteiger partial charge on any atom is 0.183 e. The molecule has 0 saturated heterocycles. The van der Waals surface area contributed by atoms with Crippen molar-refractivity contribution in [2.24, 2.45) is 0 Å². The van der Waals surface area contributed by atoms with Gasteiger partial charge in [-0.3, -0.25) is 0 Å². The number of rotatable bonds is 0. The highest BCUT2D eigenvalue weighted by molar-refractivity contribution is 7.90. The molecule has 1 aliphatic carbocycles. The van der Waals surface area contributed by atoms with Crippen molar-refractivity contribution in [2.45, 2.75) is 23.5 Å². The topological polar surface area (TPSA) is 67.3 Å². The Morgan fingerprint density at radius 3 is 2.75 bits per heavy atom. The van der Waals surface area contributed by atoms with Gasteiger partial charge in [-0.15, -0.1) is 0 Å². The number of pyridine rings is 1. The second-order valence-electron chi connectivity index (χ2n) is 6.28. The number of aromatic hydroxyl groups is 1. The molecule has 2 aromatic carbocycles. The summed E-state index contributed by atoms with van der Waals surface area (Å²) in [7, 11) is -3.53. The second kappa shape index (κ2) is 4.33.